The van der Waals surface area contributed by atoms with Crippen LogP contribution < -0.4 is 9.88 Å². The van der Waals surface area contributed by atoms with Gasteiger partial charge in [0.05, 0.1) is 18.6 Å². The maximum absolute atomic E-state index is 9.92. The lowest BCUT2D eigenvalue weighted by Gasteiger charge is -2.22. The minimum atomic E-state index is -0.0690. The zero-order chi connectivity index (χ0) is 13.2. The van der Waals surface area contributed by atoms with E-state index >= 15 is 0 Å². The highest BCUT2D eigenvalue weighted by Gasteiger charge is 2.27. The van der Waals surface area contributed by atoms with E-state index in [1.807, 2.05) is 6.07 Å². The van der Waals surface area contributed by atoms with Gasteiger partial charge in [0.25, 0.3) is 0 Å². The fraction of sp³-hybridized carbons (Fsp3) is 0.643. The molecule has 100 valence electrons. The number of aromatic amines is 1. The van der Waals surface area contributed by atoms with Crippen LogP contribution in [0.2, 0.25) is 0 Å². The summed E-state index contributed by atoms with van der Waals surface area (Å²) in [5.41, 5.74) is 2.02. The highest BCUT2D eigenvalue weighted by Crippen LogP contribution is 2.25. The number of aromatic nitrogens is 1. The Hall–Kier alpha value is -1.13. The molecular formula is C14H24N2O2+2. The Labute approximate surface area is 109 Å². The van der Waals surface area contributed by atoms with Crippen LogP contribution in [0.25, 0.3) is 0 Å². The number of hydrogen-bond acceptors (Lipinski definition) is 2. The van der Waals surface area contributed by atoms with Gasteiger partial charge in [-0.2, -0.15) is 0 Å². The Morgan fingerprint density at radius 1 is 1.28 bits per heavy atom. The Kier molecular flexibility index (Phi) is 3.88. The van der Waals surface area contributed by atoms with Crippen LogP contribution in [0.3, 0.4) is 0 Å². The molecule has 0 bridgehead atoms. The quantitative estimate of drug-likeness (QED) is 0.773. The van der Waals surface area contributed by atoms with Crippen LogP contribution in [0.15, 0.2) is 12.1 Å². The fourth-order valence-electron chi connectivity index (χ4n) is 2.31. The summed E-state index contributed by atoms with van der Waals surface area (Å²) < 4.78 is 5.36. The van der Waals surface area contributed by atoms with Crippen LogP contribution in [0, 0.1) is 0 Å². The lowest BCUT2D eigenvalue weighted by atomic mass is 9.91. The number of pyridine rings is 1. The molecule has 2 rings (SSSR count). The molecule has 1 aromatic heterocycles. The molecule has 0 atom stereocenters. The average molecular weight is 252 g/mol. The van der Waals surface area contributed by atoms with E-state index in [9.17, 15) is 5.11 Å². The number of H-pyrrole nitrogens is 1. The summed E-state index contributed by atoms with van der Waals surface area (Å²) in [5, 5.41) is 9.92. The predicted octanol–water partition coefficient (Wildman–Crippen LogP) is -0.0811. The minimum Gasteiger partial charge on any atom is -0.502 e. The molecule has 0 unspecified atom stereocenters. The highest BCUT2D eigenvalue weighted by atomic mass is 16.5. The molecule has 0 radical (unpaired) electrons. The molecule has 0 saturated carbocycles. The van der Waals surface area contributed by atoms with Gasteiger partial charge in [-0.25, -0.2) is 4.98 Å². The molecule has 3 N–H and O–H groups in total. The van der Waals surface area contributed by atoms with Gasteiger partial charge in [-0.3, -0.25) is 0 Å². The molecule has 4 heteroatoms. The number of hydrogen-bond donors (Lipinski definition) is 2. The molecule has 18 heavy (non-hydrogen) atoms. The van der Waals surface area contributed by atoms with E-state index < -0.39 is 0 Å². The molecule has 4 nitrogen and oxygen atoms in total. The zero-order valence-corrected chi connectivity index (χ0v) is 11.5. The number of rotatable bonds is 2. The van der Waals surface area contributed by atoms with Gasteiger partial charge in [-0.15, -0.1) is 0 Å². The van der Waals surface area contributed by atoms with Gasteiger partial charge in [0.15, 0.2) is 12.3 Å². The van der Waals surface area contributed by atoms with E-state index in [2.05, 4.69) is 25.8 Å². The van der Waals surface area contributed by atoms with Gasteiger partial charge in [0, 0.05) is 6.07 Å². The molecule has 1 saturated heterocycles. The van der Waals surface area contributed by atoms with Crippen LogP contribution >= 0.6 is 0 Å². The molecule has 1 aromatic rings. The van der Waals surface area contributed by atoms with Crippen molar-refractivity contribution in [1.29, 1.82) is 0 Å². The van der Waals surface area contributed by atoms with E-state index in [4.69, 9.17) is 4.74 Å². The second-order valence-corrected chi connectivity index (χ2v) is 6.03. The van der Waals surface area contributed by atoms with Crippen molar-refractivity contribution in [3.63, 3.8) is 0 Å². The topological polar surface area (TPSA) is 48.0 Å². The number of ether oxygens (including phenoxy) is 1. The first-order valence-corrected chi connectivity index (χ1v) is 6.63. The molecule has 0 aromatic carbocycles. The summed E-state index contributed by atoms with van der Waals surface area (Å²) in [6, 6.07) is 3.78. The summed E-state index contributed by atoms with van der Waals surface area (Å²) in [6.45, 7) is 11.1. The summed E-state index contributed by atoms with van der Waals surface area (Å²) >= 11 is 0. The van der Waals surface area contributed by atoms with Crippen molar-refractivity contribution in [3.8, 4) is 5.75 Å². The number of quaternary nitrogens is 1. The second-order valence-electron chi connectivity index (χ2n) is 6.03. The summed E-state index contributed by atoms with van der Waals surface area (Å²) in [7, 11) is 0. The van der Waals surface area contributed by atoms with E-state index in [1.165, 1.54) is 10.6 Å². The maximum atomic E-state index is 9.92. The Balaban J connectivity index is 2.14. The number of aromatic hydroxyl groups is 1. The third kappa shape index (κ3) is 3.21. The Morgan fingerprint density at radius 2 is 1.94 bits per heavy atom. The fourth-order valence-corrected chi connectivity index (χ4v) is 2.31. The van der Waals surface area contributed by atoms with Crippen molar-refractivity contribution >= 4 is 0 Å². The first-order chi connectivity index (χ1) is 8.47. The normalized spacial score (nSPS) is 17.9. The van der Waals surface area contributed by atoms with Gasteiger partial charge in [-0.05, 0) is 6.07 Å². The lowest BCUT2D eigenvalue weighted by molar-refractivity contribution is -0.925. The third-order valence-corrected chi connectivity index (χ3v) is 3.37. The van der Waals surface area contributed by atoms with Gasteiger partial charge in [0.1, 0.15) is 13.1 Å². The van der Waals surface area contributed by atoms with Gasteiger partial charge in [0.2, 0.25) is 11.4 Å². The van der Waals surface area contributed by atoms with Crippen LogP contribution in [-0.4, -0.2) is 31.4 Å². The average Bonchev–Trinajstić information content (AvgIpc) is 2.31. The van der Waals surface area contributed by atoms with E-state index in [0.717, 1.165) is 38.5 Å². The maximum Gasteiger partial charge on any atom is 0.235 e. The van der Waals surface area contributed by atoms with Crippen molar-refractivity contribution in [3.05, 3.63) is 23.5 Å². The first-order valence-electron chi connectivity index (χ1n) is 6.63. The predicted molar refractivity (Wildman–Crippen MR) is 68.6 cm³/mol. The van der Waals surface area contributed by atoms with E-state index in [1.54, 1.807) is 6.07 Å². The second kappa shape index (κ2) is 5.24. The van der Waals surface area contributed by atoms with E-state index in [-0.39, 0.29) is 5.41 Å². The third-order valence-electron chi connectivity index (χ3n) is 3.37. The zero-order valence-electron chi connectivity index (χ0n) is 11.5. The lowest BCUT2D eigenvalue weighted by Crippen LogP contribution is -3.13. The van der Waals surface area contributed by atoms with Crippen molar-refractivity contribution < 1.29 is 19.7 Å². The van der Waals surface area contributed by atoms with Crippen LogP contribution in [0.1, 0.15) is 32.2 Å². The Bertz CT molecular complexity index is 407. The number of morpholine rings is 1. The SMILES string of the molecule is CC(C)(C)c1[nH+]c(C[NH+]2CCOCC2)ccc1O. The van der Waals surface area contributed by atoms with Gasteiger partial charge in [-0.1, -0.05) is 20.8 Å². The largest absolute Gasteiger partial charge is 0.502 e. The summed E-state index contributed by atoms with van der Waals surface area (Å²) in [5.74, 6) is 0.350. The molecule has 2 heterocycles. The highest BCUT2D eigenvalue weighted by molar-refractivity contribution is 5.27. The van der Waals surface area contributed by atoms with Gasteiger partial charge >= 0.3 is 0 Å². The van der Waals surface area contributed by atoms with Crippen molar-refractivity contribution in [2.24, 2.45) is 0 Å². The minimum absolute atomic E-state index is 0.0690. The molecule has 1 aliphatic heterocycles. The number of nitrogens with one attached hydrogen (secondary N) is 2. The standard InChI is InChI=1S/C14H22N2O2/c1-14(2,3)13-12(17)5-4-11(15-13)10-16-6-8-18-9-7-16/h4-5,17H,6-10H2,1-3H3/p+2. The summed E-state index contributed by atoms with van der Waals surface area (Å²) in [4.78, 5) is 4.92. The van der Waals surface area contributed by atoms with Crippen molar-refractivity contribution in [2.75, 3.05) is 26.3 Å². The van der Waals surface area contributed by atoms with Crippen molar-refractivity contribution in [2.45, 2.75) is 32.7 Å². The first kappa shape index (κ1) is 13.3. The van der Waals surface area contributed by atoms with Crippen molar-refractivity contribution in [1.82, 2.24) is 0 Å². The smallest absolute Gasteiger partial charge is 0.235 e. The molecular weight excluding hydrogens is 228 g/mol. The van der Waals surface area contributed by atoms with Crippen LogP contribution in [0.4, 0.5) is 0 Å². The Morgan fingerprint density at radius 3 is 2.56 bits per heavy atom. The molecule has 0 aliphatic carbocycles. The molecule has 1 aliphatic rings. The van der Waals surface area contributed by atoms with Crippen LogP contribution in [-0.2, 0) is 16.7 Å². The summed E-state index contributed by atoms with van der Waals surface area (Å²) in [6.07, 6.45) is 0. The molecule has 0 amide bonds. The van der Waals surface area contributed by atoms with Crippen LogP contribution in [0.5, 0.6) is 5.75 Å². The van der Waals surface area contributed by atoms with E-state index in [0.29, 0.717) is 5.75 Å². The monoisotopic (exact) mass is 252 g/mol. The van der Waals surface area contributed by atoms with Gasteiger partial charge < -0.3 is 14.7 Å². The molecule has 1 fully saturated rings. The molecule has 0 spiro atoms.